The summed E-state index contributed by atoms with van der Waals surface area (Å²) in [6.07, 6.45) is 0.0823. The molecule has 0 radical (unpaired) electrons. The fourth-order valence-corrected chi connectivity index (χ4v) is 2.12. The van der Waals surface area contributed by atoms with Gasteiger partial charge in [0.1, 0.15) is 5.75 Å². The summed E-state index contributed by atoms with van der Waals surface area (Å²) in [6.45, 7) is 3.76. The Labute approximate surface area is 131 Å². The molecule has 0 aliphatic carbocycles. The van der Waals surface area contributed by atoms with Crippen LogP contribution in [-0.2, 0) is 9.53 Å². The molecule has 0 saturated heterocycles. The van der Waals surface area contributed by atoms with Gasteiger partial charge in [-0.25, -0.2) is 0 Å². The van der Waals surface area contributed by atoms with Crippen LogP contribution in [0.25, 0.3) is 5.57 Å². The van der Waals surface area contributed by atoms with Gasteiger partial charge in [-0.3, -0.25) is 9.79 Å². The number of carbonyl (C=O) groups is 1. The molecule has 0 bridgehead atoms. The molecule has 0 amide bonds. The molecule has 0 heterocycles. The normalized spacial score (nSPS) is 12.7. The van der Waals surface area contributed by atoms with Crippen molar-refractivity contribution in [2.45, 2.75) is 20.3 Å². The van der Waals surface area contributed by atoms with E-state index >= 15 is 0 Å². The van der Waals surface area contributed by atoms with Gasteiger partial charge in [0, 0.05) is 7.05 Å². The number of esters is 1. The Morgan fingerprint density at radius 1 is 1.27 bits per heavy atom. The van der Waals surface area contributed by atoms with Crippen LogP contribution >= 0.6 is 0 Å². The third kappa shape index (κ3) is 4.70. The van der Waals surface area contributed by atoms with Crippen molar-refractivity contribution in [1.29, 1.82) is 0 Å². The average Bonchev–Trinajstić information content (AvgIpc) is 2.54. The summed E-state index contributed by atoms with van der Waals surface area (Å²) >= 11 is 0. The fourth-order valence-electron chi connectivity index (χ4n) is 2.12. The van der Waals surface area contributed by atoms with E-state index in [2.05, 4.69) is 4.99 Å². The van der Waals surface area contributed by atoms with Crippen molar-refractivity contribution >= 4 is 17.3 Å². The minimum absolute atomic E-state index is 0.0823. The standard InChI is InChI=1S/C17H23NO4/c1-5-22-17(20)10-15(16(11-19)18-3)12(2)13-6-8-14(21-4)9-7-13/h6-9,19H,5,10-11H2,1-4H3/b15-12+,18-16?. The van der Waals surface area contributed by atoms with E-state index in [1.165, 1.54) is 0 Å². The third-order valence-electron chi connectivity index (χ3n) is 3.37. The monoisotopic (exact) mass is 305 g/mol. The first kappa shape index (κ1) is 17.9. The van der Waals surface area contributed by atoms with Crippen molar-refractivity contribution in [3.05, 3.63) is 35.4 Å². The minimum Gasteiger partial charge on any atom is -0.497 e. The zero-order valence-electron chi connectivity index (χ0n) is 13.5. The van der Waals surface area contributed by atoms with Gasteiger partial charge in [0.05, 0.1) is 32.5 Å². The molecule has 0 aliphatic heterocycles. The summed E-state index contributed by atoms with van der Waals surface area (Å²) in [6, 6.07) is 7.51. The molecule has 0 fully saturated rings. The Bertz CT molecular complexity index is 559. The highest BCUT2D eigenvalue weighted by molar-refractivity contribution is 6.09. The molecule has 1 N–H and O–H groups in total. The Morgan fingerprint density at radius 3 is 2.36 bits per heavy atom. The molecule has 5 nitrogen and oxygen atoms in total. The first-order chi connectivity index (χ1) is 10.6. The molecule has 1 aromatic rings. The Balaban J connectivity index is 3.22. The van der Waals surface area contributed by atoms with Crippen LogP contribution in [0.5, 0.6) is 5.75 Å². The molecule has 0 aliphatic rings. The van der Waals surface area contributed by atoms with Crippen LogP contribution in [0.2, 0.25) is 0 Å². The highest BCUT2D eigenvalue weighted by atomic mass is 16.5. The zero-order chi connectivity index (χ0) is 16.5. The number of methoxy groups -OCH3 is 1. The first-order valence-electron chi connectivity index (χ1n) is 7.14. The molecule has 120 valence electrons. The predicted molar refractivity (Wildman–Crippen MR) is 87.3 cm³/mol. The molecule has 0 atom stereocenters. The lowest BCUT2D eigenvalue weighted by Gasteiger charge is -2.14. The fraction of sp³-hybridized carbons (Fsp3) is 0.412. The minimum atomic E-state index is -0.333. The van der Waals surface area contributed by atoms with Gasteiger partial charge >= 0.3 is 5.97 Å². The maximum absolute atomic E-state index is 11.8. The number of hydrogen-bond donors (Lipinski definition) is 1. The maximum atomic E-state index is 11.8. The van der Waals surface area contributed by atoms with Crippen LogP contribution in [0.4, 0.5) is 0 Å². The summed E-state index contributed by atoms with van der Waals surface area (Å²) in [4.78, 5) is 15.9. The molecule has 22 heavy (non-hydrogen) atoms. The summed E-state index contributed by atoms with van der Waals surface area (Å²) in [5.74, 6) is 0.426. The molecule has 0 aromatic heterocycles. The molecule has 5 heteroatoms. The summed E-state index contributed by atoms with van der Waals surface area (Å²) in [5.41, 5.74) is 3.00. The van der Waals surface area contributed by atoms with E-state index < -0.39 is 0 Å². The van der Waals surface area contributed by atoms with Crippen LogP contribution in [0, 0.1) is 0 Å². The summed E-state index contributed by atoms with van der Waals surface area (Å²) in [5, 5.41) is 9.48. The number of hydrogen-bond acceptors (Lipinski definition) is 5. The Morgan fingerprint density at radius 2 is 1.91 bits per heavy atom. The van der Waals surface area contributed by atoms with E-state index in [-0.39, 0.29) is 19.0 Å². The highest BCUT2D eigenvalue weighted by Crippen LogP contribution is 2.24. The molecule has 1 aromatic carbocycles. The largest absolute Gasteiger partial charge is 0.497 e. The zero-order valence-corrected chi connectivity index (χ0v) is 13.5. The predicted octanol–water partition coefficient (Wildman–Crippen LogP) is 2.49. The van der Waals surface area contributed by atoms with E-state index in [1.54, 1.807) is 21.1 Å². The number of benzene rings is 1. The number of allylic oxidation sites excluding steroid dienone is 1. The van der Waals surface area contributed by atoms with Crippen molar-refractivity contribution in [1.82, 2.24) is 0 Å². The van der Waals surface area contributed by atoms with E-state index in [0.29, 0.717) is 17.9 Å². The molecule has 0 spiro atoms. The van der Waals surface area contributed by atoms with Crippen molar-refractivity contribution in [2.75, 3.05) is 27.4 Å². The van der Waals surface area contributed by atoms with E-state index in [1.807, 2.05) is 31.2 Å². The van der Waals surface area contributed by atoms with Crippen molar-refractivity contribution in [2.24, 2.45) is 4.99 Å². The summed E-state index contributed by atoms with van der Waals surface area (Å²) in [7, 11) is 3.20. The van der Waals surface area contributed by atoms with Gasteiger partial charge < -0.3 is 14.6 Å². The number of aliphatic hydroxyl groups is 1. The SMILES string of the molecule is CCOC(=O)C/C(C(CO)=NC)=C(/C)c1ccc(OC)cc1. The molecule has 1 rings (SSSR count). The molecule has 0 saturated carbocycles. The smallest absolute Gasteiger partial charge is 0.310 e. The lowest BCUT2D eigenvalue weighted by Crippen LogP contribution is -2.15. The van der Waals surface area contributed by atoms with Crippen LogP contribution in [-0.4, -0.2) is 44.2 Å². The lowest BCUT2D eigenvalue weighted by atomic mass is 9.95. The van der Waals surface area contributed by atoms with Crippen LogP contribution in [0.3, 0.4) is 0 Å². The van der Waals surface area contributed by atoms with Gasteiger partial charge in [-0.15, -0.1) is 0 Å². The Kier molecular flexibility index (Phi) is 7.32. The van der Waals surface area contributed by atoms with Crippen molar-refractivity contribution < 1.29 is 19.4 Å². The summed E-state index contributed by atoms with van der Waals surface area (Å²) < 4.78 is 10.1. The van der Waals surface area contributed by atoms with Crippen molar-refractivity contribution in [3.8, 4) is 5.75 Å². The quantitative estimate of drug-likeness (QED) is 0.621. The number of aliphatic imine (C=N–C) groups is 1. The third-order valence-corrected chi connectivity index (χ3v) is 3.37. The highest BCUT2D eigenvalue weighted by Gasteiger charge is 2.16. The van der Waals surface area contributed by atoms with Gasteiger partial charge in [-0.1, -0.05) is 12.1 Å². The lowest BCUT2D eigenvalue weighted by molar-refractivity contribution is -0.142. The van der Waals surface area contributed by atoms with Gasteiger partial charge in [0.15, 0.2) is 0 Å². The van der Waals surface area contributed by atoms with E-state index in [4.69, 9.17) is 9.47 Å². The first-order valence-corrected chi connectivity index (χ1v) is 7.14. The molecular formula is C17H23NO4. The number of carbonyl (C=O) groups excluding carboxylic acids is 1. The van der Waals surface area contributed by atoms with Gasteiger partial charge in [-0.2, -0.15) is 0 Å². The van der Waals surface area contributed by atoms with E-state index in [0.717, 1.165) is 16.9 Å². The molecular weight excluding hydrogens is 282 g/mol. The average molecular weight is 305 g/mol. The number of aliphatic hydroxyl groups excluding tert-OH is 1. The number of rotatable bonds is 7. The second-order valence-corrected chi connectivity index (χ2v) is 4.64. The van der Waals surface area contributed by atoms with Gasteiger partial charge in [-0.05, 0) is 42.7 Å². The second-order valence-electron chi connectivity index (χ2n) is 4.64. The van der Waals surface area contributed by atoms with Crippen LogP contribution in [0.15, 0.2) is 34.8 Å². The number of nitrogens with zero attached hydrogens (tertiary/aromatic N) is 1. The van der Waals surface area contributed by atoms with Gasteiger partial charge in [0.25, 0.3) is 0 Å². The number of ether oxygens (including phenoxy) is 2. The second kappa shape index (κ2) is 9.00. The van der Waals surface area contributed by atoms with Crippen molar-refractivity contribution in [3.63, 3.8) is 0 Å². The molecule has 0 unspecified atom stereocenters. The van der Waals surface area contributed by atoms with Gasteiger partial charge in [0.2, 0.25) is 0 Å². The maximum Gasteiger partial charge on any atom is 0.310 e. The van der Waals surface area contributed by atoms with Crippen LogP contribution in [0.1, 0.15) is 25.8 Å². The Hall–Kier alpha value is -2.14. The topological polar surface area (TPSA) is 68.1 Å². The van der Waals surface area contributed by atoms with Crippen LogP contribution < -0.4 is 4.74 Å². The van der Waals surface area contributed by atoms with E-state index in [9.17, 15) is 9.90 Å².